The van der Waals surface area contributed by atoms with Gasteiger partial charge in [0.25, 0.3) is 0 Å². The lowest BCUT2D eigenvalue weighted by molar-refractivity contribution is -0.125. The molecule has 2 unspecified atom stereocenters. The molecule has 0 aromatic carbocycles. The summed E-state index contributed by atoms with van der Waals surface area (Å²) in [5.41, 5.74) is 0. The highest BCUT2D eigenvalue weighted by atomic mass is 16.6. The molecule has 0 radical (unpaired) electrons. The Bertz CT molecular complexity index is 199. The molecule has 0 N–H and O–H groups in total. The average molecular weight is 138 g/mol. The summed E-state index contributed by atoms with van der Waals surface area (Å²) in [5.74, 6) is 1.51. The van der Waals surface area contributed by atoms with Crippen LogP contribution in [0, 0.1) is 11.8 Å². The zero-order valence-corrected chi connectivity index (χ0v) is 5.75. The van der Waals surface area contributed by atoms with Crippen LogP contribution in [0.1, 0.15) is 19.3 Å². The molecule has 0 aromatic heterocycles. The minimum Gasteiger partial charge on any atom is -0.369 e. The lowest BCUT2D eigenvalue weighted by atomic mass is 9.87. The van der Waals surface area contributed by atoms with Crippen molar-refractivity contribution in [2.24, 2.45) is 11.8 Å². The van der Waals surface area contributed by atoms with Gasteiger partial charge in [0, 0.05) is 12.3 Å². The monoisotopic (exact) mass is 138 g/mol. The van der Waals surface area contributed by atoms with Gasteiger partial charge < -0.3 is 4.74 Å². The van der Waals surface area contributed by atoms with Gasteiger partial charge in [-0.15, -0.1) is 0 Å². The zero-order chi connectivity index (χ0) is 6.72. The minimum atomic E-state index is 0.309. The quantitative estimate of drug-likeness (QED) is 0.462. The number of ketones is 1. The number of hydrogen-bond acceptors (Lipinski definition) is 2. The molecule has 0 aromatic rings. The highest BCUT2D eigenvalue weighted by molar-refractivity contribution is 5.83. The number of carbonyl (C=O) groups excluding carboxylic acids is 1. The Balaban J connectivity index is 1.97. The van der Waals surface area contributed by atoms with Crippen LogP contribution < -0.4 is 0 Å². The van der Waals surface area contributed by atoms with Crippen molar-refractivity contribution < 1.29 is 9.53 Å². The van der Waals surface area contributed by atoms with Crippen LogP contribution in [-0.4, -0.2) is 18.0 Å². The van der Waals surface area contributed by atoms with Crippen molar-refractivity contribution in [3.05, 3.63) is 0 Å². The average Bonchev–Trinajstić information content (AvgIpc) is 2.65. The van der Waals surface area contributed by atoms with Gasteiger partial charge in [-0.25, -0.2) is 0 Å². The van der Waals surface area contributed by atoms with Crippen molar-refractivity contribution in [1.82, 2.24) is 0 Å². The number of rotatable bonds is 0. The summed E-state index contributed by atoms with van der Waals surface area (Å²) in [4.78, 5) is 11.2. The van der Waals surface area contributed by atoms with E-state index in [1.54, 1.807) is 0 Å². The molecule has 2 aliphatic carbocycles. The van der Waals surface area contributed by atoms with Crippen molar-refractivity contribution in [2.75, 3.05) is 0 Å². The molecule has 10 heavy (non-hydrogen) atoms. The molecule has 0 spiro atoms. The second-order valence-electron chi connectivity index (χ2n) is 3.67. The predicted octanol–water partition coefficient (Wildman–Crippen LogP) is 0.753. The molecule has 4 atom stereocenters. The van der Waals surface area contributed by atoms with Crippen LogP contribution in [0.3, 0.4) is 0 Å². The summed E-state index contributed by atoms with van der Waals surface area (Å²) in [6.45, 7) is 0. The normalized spacial score (nSPS) is 56.6. The predicted molar refractivity (Wildman–Crippen MR) is 34.5 cm³/mol. The van der Waals surface area contributed by atoms with E-state index in [2.05, 4.69) is 0 Å². The molecule has 3 aliphatic rings. The molecule has 1 saturated heterocycles. The van der Waals surface area contributed by atoms with E-state index in [1.807, 2.05) is 0 Å². The van der Waals surface area contributed by atoms with Crippen molar-refractivity contribution in [3.63, 3.8) is 0 Å². The van der Waals surface area contributed by atoms with Crippen LogP contribution in [0.15, 0.2) is 0 Å². The van der Waals surface area contributed by atoms with Crippen molar-refractivity contribution in [2.45, 2.75) is 31.5 Å². The summed E-state index contributed by atoms with van der Waals surface area (Å²) >= 11 is 0. The molecule has 3 rings (SSSR count). The van der Waals surface area contributed by atoms with Crippen molar-refractivity contribution in [1.29, 1.82) is 0 Å². The Morgan fingerprint density at radius 1 is 1.40 bits per heavy atom. The first kappa shape index (κ1) is 5.30. The van der Waals surface area contributed by atoms with E-state index in [9.17, 15) is 4.79 Å². The van der Waals surface area contributed by atoms with Crippen molar-refractivity contribution >= 4 is 5.78 Å². The molecule has 54 valence electrons. The van der Waals surface area contributed by atoms with Crippen LogP contribution >= 0.6 is 0 Å². The topological polar surface area (TPSA) is 29.6 Å². The fraction of sp³-hybridized carbons (Fsp3) is 0.875. The molecule has 2 nitrogen and oxygen atoms in total. The maximum absolute atomic E-state index is 11.2. The minimum absolute atomic E-state index is 0.309. The van der Waals surface area contributed by atoms with E-state index in [0.717, 1.165) is 25.2 Å². The van der Waals surface area contributed by atoms with E-state index in [0.29, 0.717) is 23.9 Å². The van der Waals surface area contributed by atoms with Gasteiger partial charge in [0.2, 0.25) is 0 Å². The van der Waals surface area contributed by atoms with Gasteiger partial charge in [0.05, 0.1) is 12.2 Å². The molecule has 3 fully saturated rings. The Morgan fingerprint density at radius 3 is 3.10 bits per heavy atom. The second-order valence-corrected chi connectivity index (χ2v) is 3.67. The number of ether oxygens (including phenoxy) is 1. The van der Waals surface area contributed by atoms with Gasteiger partial charge in [-0.1, -0.05) is 0 Å². The summed E-state index contributed by atoms with van der Waals surface area (Å²) < 4.78 is 5.37. The first-order valence-electron chi connectivity index (χ1n) is 4.04. The molecular weight excluding hydrogens is 128 g/mol. The van der Waals surface area contributed by atoms with E-state index < -0.39 is 0 Å². The molecule has 2 saturated carbocycles. The summed E-state index contributed by atoms with van der Waals surface area (Å²) in [7, 11) is 0. The highest BCUT2D eigenvalue weighted by Gasteiger charge is 2.60. The van der Waals surface area contributed by atoms with Gasteiger partial charge in [-0.3, -0.25) is 4.79 Å². The van der Waals surface area contributed by atoms with Crippen LogP contribution in [0.4, 0.5) is 0 Å². The Morgan fingerprint density at radius 2 is 2.30 bits per heavy atom. The third-order valence-electron chi connectivity index (χ3n) is 3.15. The van der Waals surface area contributed by atoms with Gasteiger partial charge in [0.1, 0.15) is 5.78 Å². The fourth-order valence-corrected chi connectivity index (χ4v) is 2.54. The Kier molecular flexibility index (Phi) is 0.768. The van der Waals surface area contributed by atoms with Crippen LogP contribution in [0.5, 0.6) is 0 Å². The number of epoxide rings is 1. The largest absolute Gasteiger partial charge is 0.369 e. The first-order valence-corrected chi connectivity index (χ1v) is 4.04. The number of hydrogen-bond donors (Lipinski definition) is 0. The van der Waals surface area contributed by atoms with Crippen LogP contribution in [0.25, 0.3) is 0 Å². The smallest absolute Gasteiger partial charge is 0.138 e. The first-order chi connectivity index (χ1) is 4.86. The Hall–Kier alpha value is -0.370. The van der Waals surface area contributed by atoms with Gasteiger partial charge in [-0.2, -0.15) is 0 Å². The third kappa shape index (κ3) is 0.473. The molecule has 1 aliphatic heterocycles. The summed E-state index contributed by atoms with van der Waals surface area (Å²) in [6.07, 6.45) is 3.91. The summed E-state index contributed by atoms with van der Waals surface area (Å²) in [5, 5.41) is 0. The van der Waals surface area contributed by atoms with Crippen LogP contribution in [0.2, 0.25) is 0 Å². The maximum atomic E-state index is 11.2. The lowest BCUT2D eigenvalue weighted by Gasteiger charge is -2.19. The lowest BCUT2D eigenvalue weighted by Crippen LogP contribution is -2.22. The van der Waals surface area contributed by atoms with Gasteiger partial charge in [0.15, 0.2) is 0 Å². The van der Waals surface area contributed by atoms with Crippen molar-refractivity contribution in [3.8, 4) is 0 Å². The maximum Gasteiger partial charge on any atom is 0.138 e. The SMILES string of the molecule is O=C1CCC2CC1[C@H]1O[C@@H]21. The Labute approximate surface area is 59.6 Å². The molecule has 2 heteroatoms. The van der Waals surface area contributed by atoms with Crippen LogP contribution in [-0.2, 0) is 9.53 Å². The molecular formula is C8H10O2. The molecule has 2 bridgehead atoms. The second kappa shape index (κ2) is 1.45. The number of fused-ring (bicyclic) bond motifs is 5. The van der Waals surface area contributed by atoms with Gasteiger partial charge >= 0.3 is 0 Å². The fourth-order valence-electron chi connectivity index (χ4n) is 2.54. The molecule has 1 heterocycles. The third-order valence-corrected chi connectivity index (χ3v) is 3.15. The number of Topliss-reactive ketones (excluding diaryl/α,β-unsaturated/α-hetero) is 1. The number of carbonyl (C=O) groups is 1. The standard InChI is InChI=1S/C8H10O2/c9-6-2-1-4-3-5(6)8-7(4)10-8/h4-5,7-8H,1-3H2/t4?,5?,7-,8+/m0/s1. The van der Waals surface area contributed by atoms with E-state index in [1.165, 1.54) is 0 Å². The summed E-state index contributed by atoms with van der Waals surface area (Å²) in [6, 6.07) is 0. The van der Waals surface area contributed by atoms with Gasteiger partial charge in [-0.05, 0) is 18.8 Å². The van der Waals surface area contributed by atoms with E-state index in [-0.39, 0.29) is 0 Å². The molecule has 0 amide bonds. The highest BCUT2D eigenvalue weighted by Crippen LogP contribution is 2.52. The zero-order valence-electron chi connectivity index (χ0n) is 5.75. The van der Waals surface area contributed by atoms with E-state index in [4.69, 9.17) is 4.74 Å². The van der Waals surface area contributed by atoms with E-state index >= 15 is 0 Å².